The van der Waals surface area contributed by atoms with Crippen molar-refractivity contribution in [2.75, 3.05) is 14.2 Å². The number of carbonyl (C=O) groups is 1. The van der Waals surface area contributed by atoms with Crippen molar-refractivity contribution in [2.24, 2.45) is 11.8 Å². The van der Waals surface area contributed by atoms with Crippen LogP contribution >= 0.6 is 0 Å². The molecule has 2 saturated carbocycles. The lowest BCUT2D eigenvalue weighted by molar-refractivity contribution is -0.116. The summed E-state index contributed by atoms with van der Waals surface area (Å²) in [7, 11) is 3.33. The monoisotopic (exact) mass is 264 g/mol. The van der Waals surface area contributed by atoms with Gasteiger partial charge in [-0.2, -0.15) is 0 Å². The van der Waals surface area contributed by atoms with Crippen molar-refractivity contribution in [3.63, 3.8) is 0 Å². The molecule has 0 bridgehead atoms. The van der Waals surface area contributed by atoms with Crippen molar-refractivity contribution in [3.8, 4) is 5.75 Å². The molecule has 0 radical (unpaired) electrons. The maximum absolute atomic E-state index is 10.4. The molecule has 0 heterocycles. The number of hydrogen-bond donors (Lipinski definition) is 1. The first-order valence-corrected chi connectivity index (χ1v) is 6.56. The van der Waals surface area contributed by atoms with Crippen LogP contribution in [0.15, 0.2) is 24.3 Å². The standard InChI is InChI=1S/C8H8O3.C7H12O/c1-11-7-4-2-3-6(5-7)8(9)10;1-8-7-4-5-2-3-6(5)7/h2-5H,1H3,(H,9,10);5-7H,2-4H2,1H3. The van der Waals surface area contributed by atoms with Crippen molar-refractivity contribution < 1.29 is 19.4 Å². The highest BCUT2D eigenvalue weighted by Crippen LogP contribution is 2.51. The molecule has 0 aromatic heterocycles. The molecule has 104 valence electrons. The Morgan fingerprint density at radius 1 is 1.32 bits per heavy atom. The van der Waals surface area contributed by atoms with Gasteiger partial charge in [0.1, 0.15) is 5.75 Å². The molecule has 3 rings (SSSR count). The third-order valence-electron chi connectivity index (χ3n) is 4.11. The van der Waals surface area contributed by atoms with Crippen LogP contribution in [0.1, 0.15) is 29.6 Å². The zero-order valence-corrected chi connectivity index (χ0v) is 11.3. The van der Waals surface area contributed by atoms with Crippen LogP contribution in [0.3, 0.4) is 0 Å². The van der Waals surface area contributed by atoms with E-state index < -0.39 is 5.97 Å². The lowest BCUT2D eigenvalue weighted by atomic mass is 9.58. The van der Waals surface area contributed by atoms with Gasteiger partial charge < -0.3 is 14.6 Å². The summed E-state index contributed by atoms with van der Waals surface area (Å²) in [6.45, 7) is 0. The van der Waals surface area contributed by atoms with E-state index in [4.69, 9.17) is 14.6 Å². The van der Waals surface area contributed by atoms with Crippen LogP contribution in [0.25, 0.3) is 0 Å². The number of ether oxygens (including phenoxy) is 2. The van der Waals surface area contributed by atoms with Crippen molar-refractivity contribution >= 4 is 5.97 Å². The summed E-state index contributed by atoms with van der Waals surface area (Å²) in [6.07, 6.45) is 4.91. The molecule has 19 heavy (non-hydrogen) atoms. The van der Waals surface area contributed by atoms with E-state index in [0.717, 1.165) is 11.8 Å². The lowest BCUT2D eigenvalue weighted by Crippen LogP contribution is -2.49. The van der Waals surface area contributed by atoms with Crippen molar-refractivity contribution in [1.29, 1.82) is 0 Å². The Morgan fingerprint density at radius 3 is 2.47 bits per heavy atom. The SMILES string of the molecule is COC1CC2CCC21.COc1cccc(C(=O)O)c1. The van der Waals surface area contributed by atoms with Crippen LogP contribution < -0.4 is 4.74 Å². The summed E-state index contributed by atoms with van der Waals surface area (Å²) < 4.78 is 10.1. The molecule has 0 saturated heterocycles. The molecule has 0 aliphatic heterocycles. The maximum Gasteiger partial charge on any atom is 0.335 e. The molecule has 0 amide bonds. The molecule has 1 aromatic rings. The Labute approximate surface area is 113 Å². The van der Waals surface area contributed by atoms with Gasteiger partial charge >= 0.3 is 5.97 Å². The van der Waals surface area contributed by atoms with Crippen LogP contribution in [0, 0.1) is 11.8 Å². The van der Waals surface area contributed by atoms with E-state index in [-0.39, 0.29) is 5.56 Å². The van der Waals surface area contributed by atoms with E-state index in [1.807, 2.05) is 7.11 Å². The molecular weight excluding hydrogens is 244 g/mol. The van der Waals surface area contributed by atoms with Gasteiger partial charge in [0.25, 0.3) is 0 Å². The summed E-state index contributed by atoms with van der Waals surface area (Å²) >= 11 is 0. The number of hydrogen-bond acceptors (Lipinski definition) is 3. The van der Waals surface area contributed by atoms with Gasteiger partial charge in [0.2, 0.25) is 0 Å². The van der Waals surface area contributed by atoms with Crippen LogP contribution in [-0.4, -0.2) is 31.4 Å². The van der Waals surface area contributed by atoms with E-state index in [1.54, 1.807) is 12.1 Å². The van der Waals surface area contributed by atoms with Gasteiger partial charge in [-0.3, -0.25) is 0 Å². The summed E-state index contributed by atoms with van der Waals surface area (Å²) in [5, 5.41) is 8.55. The molecule has 3 atom stereocenters. The number of aromatic carboxylic acids is 1. The topological polar surface area (TPSA) is 55.8 Å². The predicted octanol–water partition coefficient (Wildman–Crippen LogP) is 2.82. The Morgan fingerprint density at radius 2 is 2.11 bits per heavy atom. The van der Waals surface area contributed by atoms with Gasteiger partial charge in [0.05, 0.1) is 18.8 Å². The van der Waals surface area contributed by atoms with Crippen LogP contribution in [0.2, 0.25) is 0 Å². The quantitative estimate of drug-likeness (QED) is 0.912. The number of methoxy groups -OCH3 is 2. The van der Waals surface area contributed by atoms with Gasteiger partial charge in [-0.05, 0) is 49.3 Å². The fraction of sp³-hybridized carbons (Fsp3) is 0.533. The average molecular weight is 264 g/mol. The van der Waals surface area contributed by atoms with Crippen molar-refractivity contribution in [2.45, 2.75) is 25.4 Å². The Hall–Kier alpha value is -1.55. The second-order valence-electron chi connectivity index (χ2n) is 5.05. The second kappa shape index (κ2) is 6.06. The van der Waals surface area contributed by atoms with Crippen LogP contribution in [0.5, 0.6) is 5.75 Å². The third kappa shape index (κ3) is 3.07. The van der Waals surface area contributed by atoms with Crippen LogP contribution in [-0.2, 0) is 4.74 Å². The number of fused-ring (bicyclic) bond motifs is 1. The highest BCUT2D eigenvalue weighted by Gasteiger charge is 2.47. The highest BCUT2D eigenvalue weighted by molar-refractivity contribution is 5.87. The largest absolute Gasteiger partial charge is 0.497 e. The van der Waals surface area contributed by atoms with Crippen molar-refractivity contribution in [3.05, 3.63) is 29.8 Å². The average Bonchev–Trinajstić information content (AvgIpc) is 2.42. The zero-order chi connectivity index (χ0) is 13.8. The Bertz CT molecular complexity index is 442. The minimum absolute atomic E-state index is 0.240. The smallest absolute Gasteiger partial charge is 0.335 e. The minimum atomic E-state index is -0.941. The Balaban J connectivity index is 0.000000146. The molecule has 0 spiro atoms. The number of rotatable bonds is 3. The summed E-state index contributed by atoms with van der Waals surface area (Å²) in [4.78, 5) is 10.4. The van der Waals surface area contributed by atoms with Gasteiger partial charge in [-0.15, -0.1) is 0 Å². The number of carboxylic acid groups (broad SMARTS) is 1. The van der Waals surface area contributed by atoms with Crippen LogP contribution in [0.4, 0.5) is 0 Å². The zero-order valence-electron chi connectivity index (χ0n) is 11.3. The number of benzene rings is 1. The molecular formula is C15H20O4. The first kappa shape index (κ1) is 13.9. The number of carboxylic acids is 1. The Kier molecular flexibility index (Phi) is 4.43. The third-order valence-corrected chi connectivity index (χ3v) is 4.11. The molecule has 1 aromatic carbocycles. The molecule has 2 aliphatic carbocycles. The lowest BCUT2D eigenvalue weighted by Gasteiger charge is -2.52. The van der Waals surface area contributed by atoms with E-state index >= 15 is 0 Å². The molecule has 4 heteroatoms. The first-order valence-electron chi connectivity index (χ1n) is 6.56. The van der Waals surface area contributed by atoms with Gasteiger partial charge in [-0.25, -0.2) is 4.79 Å². The highest BCUT2D eigenvalue weighted by atomic mass is 16.5. The van der Waals surface area contributed by atoms with E-state index in [2.05, 4.69) is 0 Å². The van der Waals surface area contributed by atoms with Gasteiger partial charge in [-0.1, -0.05) is 6.07 Å². The predicted molar refractivity (Wildman–Crippen MR) is 71.6 cm³/mol. The maximum atomic E-state index is 10.4. The molecule has 1 N–H and O–H groups in total. The fourth-order valence-corrected chi connectivity index (χ4v) is 2.68. The van der Waals surface area contributed by atoms with Crippen molar-refractivity contribution in [1.82, 2.24) is 0 Å². The normalized spacial score (nSPS) is 26.9. The molecule has 2 fully saturated rings. The summed E-state index contributed by atoms with van der Waals surface area (Å²) in [5.41, 5.74) is 0.240. The molecule has 3 unspecified atom stereocenters. The van der Waals surface area contributed by atoms with Gasteiger partial charge in [0.15, 0.2) is 0 Å². The summed E-state index contributed by atoms with van der Waals surface area (Å²) in [6, 6.07) is 6.34. The van der Waals surface area contributed by atoms with Gasteiger partial charge in [0, 0.05) is 7.11 Å². The van der Waals surface area contributed by atoms with E-state index in [9.17, 15) is 4.79 Å². The van der Waals surface area contributed by atoms with E-state index in [0.29, 0.717) is 11.9 Å². The fourth-order valence-electron chi connectivity index (χ4n) is 2.68. The second-order valence-corrected chi connectivity index (χ2v) is 5.05. The summed E-state index contributed by atoms with van der Waals surface area (Å²) in [5.74, 6) is 1.66. The first-order chi connectivity index (χ1) is 9.15. The minimum Gasteiger partial charge on any atom is -0.497 e. The molecule has 2 aliphatic rings. The molecule has 4 nitrogen and oxygen atoms in total. The van der Waals surface area contributed by atoms with E-state index in [1.165, 1.54) is 38.5 Å².